The summed E-state index contributed by atoms with van der Waals surface area (Å²) < 4.78 is 16.9. The molecule has 2 rings (SSSR count). The molecule has 4 heteroatoms. The zero-order chi connectivity index (χ0) is 15.3. The lowest BCUT2D eigenvalue weighted by Crippen LogP contribution is -2.39. The number of benzene rings is 1. The predicted octanol–water partition coefficient (Wildman–Crippen LogP) is 3.31. The number of fused-ring (bicyclic) bond motifs is 1. The molecule has 1 N–H and O–H groups in total. The van der Waals surface area contributed by atoms with E-state index in [9.17, 15) is 0 Å². The first kappa shape index (κ1) is 16.1. The molecule has 1 unspecified atom stereocenters. The average Bonchev–Trinajstić information content (AvgIpc) is 2.42. The second-order valence-corrected chi connectivity index (χ2v) is 6.07. The molecule has 0 saturated heterocycles. The first-order valence-electron chi connectivity index (χ1n) is 7.74. The van der Waals surface area contributed by atoms with Crippen molar-refractivity contribution in [3.8, 4) is 11.5 Å². The van der Waals surface area contributed by atoms with Crippen LogP contribution in [0.3, 0.4) is 0 Å². The van der Waals surface area contributed by atoms with E-state index >= 15 is 0 Å². The van der Waals surface area contributed by atoms with E-state index in [0.29, 0.717) is 12.6 Å². The molecule has 1 aromatic carbocycles. The highest BCUT2D eigenvalue weighted by Gasteiger charge is 2.33. The Bertz CT molecular complexity index is 459. The maximum Gasteiger partial charge on any atom is 0.128 e. The quantitative estimate of drug-likeness (QED) is 0.783. The zero-order valence-electron chi connectivity index (χ0n) is 13.6. The van der Waals surface area contributed by atoms with Crippen LogP contribution in [0, 0.1) is 0 Å². The van der Waals surface area contributed by atoms with E-state index in [4.69, 9.17) is 14.2 Å². The Kier molecular flexibility index (Phi) is 5.48. The van der Waals surface area contributed by atoms with E-state index < -0.39 is 0 Å². The van der Waals surface area contributed by atoms with Crippen LogP contribution < -0.4 is 14.8 Å². The summed E-state index contributed by atoms with van der Waals surface area (Å²) in [5.74, 6) is 1.79. The number of rotatable bonds is 7. The second-order valence-electron chi connectivity index (χ2n) is 6.07. The Morgan fingerprint density at radius 3 is 2.86 bits per heavy atom. The van der Waals surface area contributed by atoms with E-state index in [-0.39, 0.29) is 5.60 Å². The third kappa shape index (κ3) is 4.35. The number of methoxy groups -OCH3 is 1. The van der Waals surface area contributed by atoms with Gasteiger partial charge in [0.2, 0.25) is 0 Å². The third-order valence-electron chi connectivity index (χ3n) is 3.65. The summed E-state index contributed by atoms with van der Waals surface area (Å²) in [6.07, 6.45) is 1.86. The summed E-state index contributed by atoms with van der Waals surface area (Å²) in [6.45, 7) is 8.73. The van der Waals surface area contributed by atoms with Gasteiger partial charge < -0.3 is 19.5 Å². The summed E-state index contributed by atoms with van der Waals surface area (Å²) in [5, 5.41) is 3.54. The number of hydrogen-bond acceptors (Lipinski definition) is 4. The highest BCUT2D eigenvalue weighted by Crippen LogP contribution is 2.41. The van der Waals surface area contributed by atoms with Gasteiger partial charge in [-0.3, -0.25) is 0 Å². The molecule has 1 heterocycles. The van der Waals surface area contributed by atoms with Crippen molar-refractivity contribution in [2.45, 2.75) is 45.3 Å². The van der Waals surface area contributed by atoms with Crippen molar-refractivity contribution in [1.82, 2.24) is 5.32 Å². The molecule has 0 aliphatic carbocycles. The van der Waals surface area contributed by atoms with E-state index in [0.717, 1.165) is 37.5 Å². The summed E-state index contributed by atoms with van der Waals surface area (Å²) >= 11 is 0. The number of nitrogens with one attached hydrogen (secondary N) is 1. The van der Waals surface area contributed by atoms with Gasteiger partial charge in [0.25, 0.3) is 0 Å². The van der Waals surface area contributed by atoms with Crippen molar-refractivity contribution in [2.24, 2.45) is 0 Å². The maximum absolute atomic E-state index is 6.12. The smallest absolute Gasteiger partial charge is 0.128 e. The standard InChI is InChI=1S/C17H27NO3/c1-5-18-15-12-17(2,3)21-16-11-13(7-8-14(15)16)20-10-6-9-19-4/h7-8,11,15,18H,5-6,9-10,12H2,1-4H3. The topological polar surface area (TPSA) is 39.7 Å². The fourth-order valence-corrected chi connectivity index (χ4v) is 2.74. The number of ether oxygens (including phenoxy) is 3. The Morgan fingerprint density at radius 2 is 2.14 bits per heavy atom. The molecule has 1 aliphatic heterocycles. The van der Waals surface area contributed by atoms with Crippen LogP contribution in [0.5, 0.6) is 11.5 Å². The maximum atomic E-state index is 6.12. The van der Waals surface area contributed by atoms with Gasteiger partial charge in [0.1, 0.15) is 17.1 Å². The minimum atomic E-state index is -0.158. The second kappa shape index (κ2) is 7.14. The summed E-state index contributed by atoms with van der Waals surface area (Å²) in [6, 6.07) is 6.49. The molecule has 0 spiro atoms. The largest absolute Gasteiger partial charge is 0.493 e. The third-order valence-corrected chi connectivity index (χ3v) is 3.65. The van der Waals surface area contributed by atoms with Crippen molar-refractivity contribution in [2.75, 3.05) is 26.9 Å². The molecular formula is C17H27NO3. The van der Waals surface area contributed by atoms with Crippen LogP contribution >= 0.6 is 0 Å². The first-order chi connectivity index (χ1) is 10.1. The molecular weight excluding hydrogens is 266 g/mol. The van der Waals surface area contributed by atoms with Crippen LogP contribution in [0.1, 0.15) is 45.2 Å². The molecule has 0 bridgehead atoms. The van der Waals surface area contributed by atoms with Crippen LogP contribution in [-0.4, -0.2) is 32.5 Å². The molecule has 118 valence electrons. The molecule has 0 radical (unpaired) electrons. The Labute approximate surface area is 127 Å². The van der Waals surface area contributed by atoms with Crippen LogP contribution in [0.15, 0.2) is 18.2 Å². The highest BCUT2D eigenvalue weighted by atomic mass is 16.5. The van der Waals surface area contributed by atoms with Crippen LogP contribution in [0.2, 0.25) is 0 Å². The molecule has 0 amide bonds. The average molecular weight is 293 g/mol. The van der Waals surface area contributed by atoms with Crippen LogP contribution in [-0.2, 0) is 4.74 Å². The molecule has 0 fully saturated rings. The predicted molar refractivity (Wildman–Crippen MR) is 84.2 cm³/mol. The van der Waals surface area contributed by atoms with Crippen molar-refractivity contribution in [3.63, 3.8) is 0 Å². The van der Waals surface area contributed by atoms with Gasteiger partial charge in [-0.1, -0.05) is 13.0 Å². The van der Waals surface area contributed by atoms with Crippen LogP contribution in [0.25, 0.3) is 0 Å². The molecule has 1 aromatic rings. The Balaban J connectivity index is 2.10. The lowest BCUT2D eigenvalue weighted by Gasteiger charge is -2.38. The van der Waals surface area contributed by atoms with E-state index in [1.54, 1.807) is 7.11 Å². The first-order valence-corrected chi connectivity index (χ1v) is 7.74. The van der Waals surface area contributed by atoms with Gasteiger partial charge in [-0.25, -0.2) is 0 Å². The minimum Gasteiger partial charge on any atom is -0.493 e. The fraction of sp³-hybridized carbons (Fsp3) is 0.647. The van der Waals surface area contributed by atoms with Gasteiger partial charge in [0, 0.05) is 44.2 Å². The van der Waals surface area contributed by atoms with Gasteiger partial charge >= 0.3 is 0 Å². The molecule has 0 aromatic heterocycles. The van der Waals surface area contributed by atoms with Gasteiger partial charge in [-0.2, -0.15) is 0 Å². The van der Waals surface area contributed by atoms with Crippen molar-refractivity contribution >= 4 is 0 Å². The summed E-state index contributed by atoms with van der Waals surface area (Å²) in [4.78, 5) is 0. The van der Waals surface area contributed by atoms with Gasteiger partial charge in [-0.05, 0) is 26.5 Å². The summed E-state index contributed by atoms with van der Waals surface area (Å²) in [7, 11) is 1.70. The van der Waals surface area contributed by atoms with Gasteiger partial charge in [-0.15, -0.1) is 0 Å². The lowest BCUT2D eigenvalue weighted by molar-refractivity contribution is 0.0660. The number of hydrogen-bond donors (Lipinski definition) is 1. The van der Waals surface area contributed by atoms with Crippen molar-refractivity contribution < 1.29 is 14.2 Å². The molecule has 1 aliphatic rings. The monoisotopic (exact) mass is 293 g/mol. The van der Waals surface area contributed by atoms with Gasteiger partial charge in [0.05, 0.1) is 6.61 Å². The SMILES string of the molecule is CCNC1CC(C)(C)Oc2cc(OCCCOC)ccc21. The molecule has 0 saturated carbocycles. The summed E-state index contributed by atoms with van der Waals surface area (Å²) in [5.41, 5.74) is 1.06. The van der Waals surface area contributed by atoms with Crippen molar-refractivity contribution in [3.05, 3.63) is 23.8 Å². The Hall–Kier alpha value is -1.26. The molecule has 21 heavy (non-hydrogen) atoms. The zero-order valence-corrected chi connectivity index (χ0v) is 13.6. The lowest BCUT2D eigenvalue weighted by atomic mass is 9.89. The van der Waals surface area contributed by atoms with Gasteiger partial charge in [0.15, 0.2) is 0 Å². The molecule has 4 nitrogen and oxygen atoms in total. The highest BCUT2D eigenvalue weighted by molar-refractivity contribution is 5.44. The van der Waals surface area contributed by atoms with E-state index in [1.165, 1.54) is 5.56 Å². The normalized spacial score (nSPS) is 19.7. The van der Waals surface area contributed by atoms with E-state index in [1.807, 2.05) is 12.1 Å². The fourth-order valence-electron chi connectivity index (χ4n) is 2.74. The van der Waals surface area contributed by atoms with Crippen LogP contribution in [0.4, 0.5) is 0 Å². The minimum absolute atomic E-state index is 0.158. The van der Waals surface area contributed by atoms with E-state index in [2.05, 4.69) is 32.2 Å². The van der Waals surface area contributed by atoms with Crippen molar-refractivity contribution in [1.29, 1.82) is 0 Å². The Morgan fingerprint density at radius 1 is 1.33 bits per heavy atom. The molecule has 1 atom stereocenters.